The lowest BCUT2D eigenvalue weighted by Crippen LogP contribution is -2.17. The highest BCUT2D eigenvalue weighted by Crippen LogP contribution is 2.26. The first-order valence-corrected chi connectivity index (χ1v) is 12.4. The minimum absolute atomic E-state index is 0.0624. The van der Waals surface area contributed by atoms with Crippen molar-refractivity contribution in [2.45, 2.75) is 17.0 Å². The second kappa shape index (κ2) is 9.55. The number of hydrogen-bond acceptors (Lipinski definition) is 7. The average molecular weight is 484 g/mol. The third-order valence-electron chi connectivity index (χ3n) is 4.70. The molecular weight excluding hydrogens is 462 g/mol. The molecule has 0 saturated heterocycles. The van der Waals surface area contributed by atoms with Gasteiger partial charge in [-0.25, -0.2) is 13.4 Å². The number of thioether (sulfide) groups is 1. The van der Waals surface area contributed by atoms with Gasteiger partial charge in [-0.3, -0.25) is 9.52 Å². The van der Waals surface area contributed by atoms with Crippen LogP contribution in [0.2, 0.25) is 0 Å². The summed E-state index contributed by atoms with van der Waals surface area (Å²) in [6, 6.07) is 18.6. The number of benzene rings is 3. The fourth-order valence-corrected chi connectivity index (χ4v) is 5.04. The summed E-state index contributed by atoms with van der Waals surface area (Å²) in [5.41, 5.74) is 2.70. The van der Waals surface area contributed by atoms with Crippen molar-refractivity contribution in [3.8, 4) is 5.75 Å². The van der Waals surface area contributed by atoms with Gasteiger partial charge in [-0.2, -0.15) is 0 Å². The number of nitrogens with one attached hydrogen (secondary N) is 2. The van der Waals surface area contributed by atoms with E-state index in [4.69, 9.17) is 9.15 Å². The summed E-state index contributed by atoms with van der Waals surface area (Å²) < 4.78 is 39.1. The van der Waals surface area contributed by atoms with Crippen LogP contribution in [0.3, 0.4) is 0 Å². The van der Waals surface area contributed by atoms with Gasteiger partial charge in [-0.1, -0.05) is 30.0 Å². The number of para-hydroxylation sites is 2. The van der Waals surface area contributed by atoms with E-state index in [2.05, 4.69) is 15.0 Å². The van der Waals surface area contributed by atoms with Gasteiger partial charge < -0.3 is 14.5 Å². The minimum Gasteiger partial charge on any atom is -0.497 e. The van der Waals surface area contributed by atoms with Crippen molar-refractivity contribution in [3.05, 3.63) is 72.3 Å². The van der Waals surface area contributed by atoms with Crippen LogP contribution in [0.5, 0.6) is 5.75 Å². The Labute approximate surface area is 195 Å². The van der Waals surface area contributed by atoms with E-state index in [0.717, 1.165) is 17.3 Å². The number of hydrogen-bond donors (Lipinski definition) is 2. The van der Waals surface area contributed by atoms with Crippen LogP contribution < -0.4 is 14.8 Å². The lowest BCUT2D eigenvalue weighted by Gasteiger charge is -2.13. The third kappa shape index (κ3) is 5.47. The summed E-state index contributed by atoms with van der Waals surface area (Å²) in [5, 5.41) is 3.12. The third-order valence-corrected chi connectivity index (χ3v) is 7.06. The molecule has 1 heterocycles. The molecule has 10 heteroatoms. The van der Waals surface area contributed by atoms with Crippen LogP contribution in [0.15, 0.2) is 81.3 Å². The lowest BCUT2D eigenvalue weighted by molar-refractivity contribution is -0.113. The fraction of sp³-hybridized carbons (Fsp3) is 0.130. The number of anilines is 2. The Kier molecular flexibility index (Phi) is 6.57. The van der Waals surface area contributed by atoms with Gasteiger partial charge in [0, 0.05) is 11.4 Å². The molecule has 1 aromatic heterocycles. The number of carbonyl (C=O) groups is 1. The highest BCUT2D eigenvalue weighted by molar-refractivity contribution is 7.99. The molecular formula is C23H21N3O5S2. The Morgan fingerprint density at radius 3 is 2.52 bits per heavy atom. The van der Waals surface area contributed by atoms with Crippen LogP contribution in [0.1, 0.15) is 5.56 Å². The number of ether oxygens (including phenoxy) is 1. The largest absolute Gasteiger partial charge is 0.497 e. The van der Waals surface area contributed by atoms with Gasteiger partial charge in [0.1, 0.15) is 11.3 Å². The minimum atomic E-state index is -3.86. The Hall–Kier alpha value is -3.50. The van der Waals surface area contributed by atoms with Crippen LogP contribution >= 0.6 is 11.8 Å². The van der Waals surface area contributed by atoms with Crippen molar-refractivity contribution in [2.24, 2.45) is 0 Å². The first kappa shape index (κ1) is 22.7. The van der Waals surface area contributed by atoms with E-state index in [9.17, 15) is 13.2 Å². The number of oxazole rings is 1. The monoisotopic (exact) mass is 483 g/mol. The van der Waals surface area contributed by atoms with Crippen LogP contribution in [-0.4, -0.2) is 32.2 Å². The van der Waals surface area contributed by atoms with Gasteiger partial charge >= 0.3 is 0 Å². The average Bonchev–Trinajstić information content (AvgIpc) is 3.22. The number of sulfonamides is 1. The first-order chi connectivity index (χ1) is 15.8. The predicted octanol–water partition coefficient (Wildman–Crippen LogP) is 4.68. The number of nitrogens with zero attached hydrogens (tertiary/aromatic N) is 1. The van der Waals surface area contributed by atoms with E-state index in [1.54, 1.807) is 49.4 Å². The molecule has 170 valence electrons. The first-order valence-electron chi connectivity index (χ1n) is 9.90. The Morgan fingerprint density at radius 1 is 1.06 bits per heavy atom. The second-order valence-electron chi connectivity index (χ2n) is 7.10. The van der Waals surface area contributed by atoms with Gasteiger partial charge in [0.15, 0.2) is 5.58 Å². The van der Waals surface area contributed by atoms with E-state index < -0.39 is 10.0 Å². The molecule has 0 aliphatic heterocycles. The molecule has 0 bridgehead atoms. The number of methoxy groups -OCH3 is 1. The summed E-state index contributed by atoms with van der Waals surface area (Å²) in [4.78, 5) is 16.8. The number of rotatable bonds is 8. The summed E-state index contributed by atoms with van der Waals surface area (Å²) >= 11 is 1.16. The van der Waals surface area contributed by atoms with Gasteiger partial charge in [0.2, 0.25) is 5.91 Å². The van der Waals surface area contributed by atoms with Crippen LogP contribution in [-0.2, 0) is 14.8 Å². The summed E-state index contributed by atoms with van der Waals surface area (Å²) in [6.07, 6.45) is 0. The Bertz CT molecular complexity index is 1370. The molecule has 0 aliphatic rings. The lowest BCUT2D eigenvalue weighted by atomic mass is 10.2. The quantitative estimate of drug-likeness (QED) is 0.350. The number of fused-ring (bicyclic) bond motifs is 1. The SMILES string of the molecule is COc1ccc(NS(=O)(=O)c2cc(NC(=O)CSc3nc4ccccc4o3)ccc2C)cc1. The van der Waals surface area contributed by atoms with Crippen molar-refractivity contribution in [3.63, 3.8) is 0 Å². The zero-order valence-corrected chi connectivity index (χ0v) is 19.5. The van der Waals surface area contributed by atoms with Gasteiger partial charge in [0.25, 0.3) is 15.2 Å². The highest BCUT2D eigenvalue weighted by Gasteiger charge is 2.18. The maximum atomic E-state index is 12.9. The molecule has 3 aromatic carbocycles. The van der Waals surface area contributed by atoms with Crippen molar-refractivity contribution in [1.82, 2.24) is 4.98 Å². The number of aromatic nitrogens is 1. The molecule has 0 aliphatic carbocycles. The Morgan fingerprint density at radius 2 is 1.79 bits per heavy atom. The van der Waals surface area contributed by atoms with Crippen LogP contribution in [0.4, 0.5) is 11.4 Å². The fourth-order valence-electron chi connectivity index (χ4n) is 3.07. The van der Waals surface area contributed by atoms with E-state index in [1.807, 2.05) is 18.2 Å². The number of amides is 1. The molecule has 0 atom stereocenters. The van der Waals surface area contributed by atoms with E-state index >= 15 is 0 Å². The smallest absolute Gasteiger partial charge is 0.262 e. The highest BCUT2D eigenvalue weighted by atomic mass is 32.2. The normalized spacial score (nSPS) is 11.3. The molecule has 2 N–H and O–H groups in total. The maximum Gasteiger partial charge on any atom is 0.262 e. The summed E-state index contributed by atoms with van der Waals surface area (Å²) in [7, 11) is -2.33. The van der Waals surface area contributed by atoms with Gasteiger partial charge in [-0.05, 0) is 61.0 Å². The molecule has 0 radical (unpaired) electrons. The number of aryl methyl sites for hydroxylation is 1. The second-order valence-corrected chi connectivity index (χ2v) is 9.68. The standard InChI is InChI=1S/C23H21N3O5S2/c1-15-7-8-17(13-21(15)33(28,29)26-16-9-11-18(30-2)12-10-16)24-22(27)14-32-23-25-19-5-3-4-6-20(19)31-23/h3-13,26H,14H2,1-2H3,(H,24,27). The van der Waals surface area contributed by atoms with Crippen molar-refractivity contribution >= 4 is 50.2 Å². The van der Waals surface area contributed by atoms with Gasteiger partial charge in [0.05, 0.1) is 17.8 Å². The van der Waals surface area contributed by atoms with Crippen LogP contribution in [0, 0.1) is 6.92 Å². The molecule has 8 nitrogen and oxygen atoms in total. The van der Waals surface area contributed by atoms with Gasteiger partial charge in [-0.15, -0.1) is 0 Å². The molecule has 0 fully saturated rings. The maximum absolute atomic E-state index is 12.9. The predicted molar refractivity (Wildman–Crippen MR) is 128 cm³/mol. The topological polar surface area (TPSA) is 111 Å². The Balaban J connectivity index is 1.43. The van der Waals surface area contributed by atoms with Crippen molar-refractivity contribution < 1.29 is 22.4 Å². The van der Waals surface area contributed by atoms with E-state index in [-0.39, 0.29) is 16.6 Å². The van der Waals surface area contributed by atoms with Crippen molar-refractivity contribution in [1.29, 1.82) is 0 Å². The molecule has 0 spiro atoms. The van der Waals surface area contributed by atoms with E-state index in [1.165, 1.54) is 13.2 Å². The molecule has 0 unspecified atom stereocenters. The summed E-state index contributed by atoms with van der Waals surface area (Å²) in [6.45, 7) is 1.69. The zero-order chi connectivity index (χ0) is 23.4. The zero-order valence-electron chi connectivity index (χ0n) is 17.9. The molecule has 1 amide bonds. The molecule has 4 rings (SSSR count). The van der Waals surface area contributed by atoms with Crippen LogP contribution in [0.25, 0.3) is 11.1 Å². The number of carbonyl (C=O) groups excluding carboxylic acids is 1. The molecule has 4 aromatic rings. The molecule has 0 saturated carbocycles. The van der Waals surface area contributed by atoms with E-state index in [0.29, 0.717) is 33.5 Å². The summed E-state index contributed by atoms with van der Waals surface area (Å²) in [5.74, 6) is 0.375. The molecule has 33 heavy (non-hydrogen) atoms. The van der Waals surface area contributed by atoms with Crippen molar-refractivity contribution in [2.75, 3.05) is 22.9 Å².